The van der Waals surface area contributed by atoms with Gasteiger partial charge in [-0.3, -0.25) is 0 Å². The Morgan fingerprint density at radius 3 is 2.94 bits per heavy atom. The molecule has 0 amide bonds. The number of ether oxygens (including phenoxy) is 1. The van der Waals surface area contributed by atoms with Gasteiger partial charge in [-0.25, -0.2) is 0 Å². The van der Waals surface area contributed by atoms with Crippen LogP contribution in [0.15, 0.2) is 35.7 Å². The Morgan fingerprint density at radius 1 is 1.28 bits per heavy atom. The van der Waals surface area contributed by atoms with E-state index in [0.29, 0.717) is 0 Å². The van der Waals surface area contributed by atoms with Crippen molar-refractivity contribution in [3.8, 4) is 5.75 Å². The summed E-state index contributed by atoms with van der Waals surface area (Å²) in [7, 11) is 0. The van der Waals surface area contributed by atoms with E-state index >= 15 is 0 Å². The van der Waals surface area contributed by atoms with E-state index in [4.69, 9.17) is 4.74 Å². The van der Waals surface area contributed by atoms with E-state index in [2.05, 4.69) is 6.07 Å². The first-order valence-corrected chi connectivity index (χ1v) is 7.09. The van der Waals surface area contributed by atoms with Crippen LogP contribution in [0.3, 0.4) is 0 Å². The van der Waals surface area contributed by atoms with Crippen molar-refractivity contribution in [3.63, 3.8) is 0 Å². The van der Waals surface area contributed by atoms with E-state index in [-0.39, 0.29) is 0 Å². The van der Waals surface area contributed by atoms with Gasteiger partial charge in [-0.2, -0.15) is 0 Å². The molecule has 2 heterocycles. The van der Waals surface area contributed by atoms with Gasteiger partial charge in [0.15, 0.2) is 0 Å². The van der Waals surface area contributed by atoms with Crippen LogP contribution in [0.1, 0.15) is 29.3 Å². The first-order chi connectivity index (χ1) is 8.69. The molecule has 1 aliphatic rings. The SMILES string of the molecule is CC(O)(c1cccs1)c1cccc2c1OCCC2. The van der Waals surface area contributed by atoms with Crippen LogP contribution in [0.2, 0.25) is 0 Å². The van der Waals surface area contributed by atoms with Gasteiger partial charge in [-0.1, -0.05) is 24.3 Å². The van der Waals surface area contributed by atoms with Gasteiger partial charge < -0.3 is 9.84 Å². The molecule has 0 radical (unpaired) electrons. The van der Waals surface area contributed by atoms with Crippen LogP contribution in [0.25, 0.3) is 0 Å². The Labute approximate surface area is 111 Å². The maximum atomic E-state index is 10.8. The van der Waals surface area contributed by atoms with Gasteiger partial charge in [-0.15, -0.1) is 11.3 Å². The second-order valence-corrected chi connectivity index (χ2v) is 5.74. The topological polar surface area (TPSA) is 29.5 Å². The first-order valence-electron chi connectivity index (χ1n) is 6.21. The lowest BCUT2D eigenvalue weighted by Gasteiger charge is -2.28. The van der Waals surface area contributed by atoms with Crippen LogP contribution in [0.5, 0.6) is 5.75 Å². The summed E-state index contributed by atoms with van der Waals surface area (Å²) < 4.78 is 5.78. The molecule has 0 fully saturated rings. The summed E-state index contributed by atoms with van der Waals surface area (Å²) in [6.45, 7) is 2.58. The zero-order valence-corrected chi connectivity index (χ0v) is 11.2. The number of rotatable bonds is 2. The van der Waals surface area contributed by atoms with Crippen molar-refractivity contribution >= 4 is 11.3 Å². The third-order valence-corrected chi connectivity index (χ3v) is 4.54. The van der Waals surface area contributed by atoms with Crippen LogP contribution < -0.4 is 4.74 Å². The molecule has 18 heavy (non-hydrogen) atoms. The molecule has 1 unspecified atom stereocenters. The monoisotopic (exact) mass is 260 g/mol. The van der Waals surface area contributed by atoms with Crippen molar-refractivity contribution in [2.75, 3.05) is 6.61 Å². The molecule has 2 nitrogen and oxygen atoms in total. The lowest BCUT2D eigenvalue weighted by molar-refractivity contribution is 0.101. The number of aliphatic hydroxyl groups is 1. The molecule has 3 heteroatoms. The second kappa shape index (κ2) is 4.41. The molecule has 0 saturated heterocycles. The third kappa shape index (κ3) is 1.84. The number of para-hydroxylation sites is 1. The van der Waals surface area contributed by atoms with Crippen molar-refractivity contribution in [1.82, 2.24) is 0 Å². The molecule has 3 rings (SSSR count). The molecular formula is C15H16O2S. The van der Waals surface area contributed by atoms with Gasteiger partial charge in [0.25, 0.3) is 0 Å². The van der Waals surface area contributed by atoms with E-state index in [0.717, 1.165) is 35.6 Å². The molecule has 1 aromatic heterocycles. The average Bonchev–Trinajstić information content (AvgIpc) is 2.92. The quantitative estimate of drug-likeness (QED) is 0.897. The fourth-order valence-electron chi connectivity index (χ4n) is 2.46. The Kier molecular flexibility index (Phi) is 2.88. The van der Waals surface area contributed by atoms with E-state index < -0.39 is 5.60 Å². The van der Waals surface area contributed by atoms with E-state index in [9.17, 15) is 5.11 Å². The molecule has 94 valence electrons. The number of benzene rings is 1. The summed E-state index contributed by atoms with van der Waals surface area (Å²) in [5.74, 6) is 0.877. The number of hydrogen-bond acceptors (Lipinski definition) is 3. The largest absolute Gasteiger partial charge is 0.493 e. The first kappa shape index (κ1) is 11.8. The fraction of sp³-hybridized carbons (Fsp3) is 0.333. The lowest BCUT2D eigenvalue weighted by Crippen LogP contribution is -2.24. The smallest absolute Gasteiger partial charge is 0.128 e. The second-order valence-electron chi connectivity index (χ2n) is 4.80. The van der Waals surface area contributed by atoms with Crippen molar-refractivity contribution < 1.29 is 9.84 Å². The average molecular weight is 260 g/mol. The molecule has 1 aromatic carbocycles. The summed E-state index contributed by atoms with van der Waals surface area (Å²) in [6.07, 6.45) is 2.08. The molecule has 0 saturated carbocycles. The summed E-state index contributed by atoms with van der Waals surface area (Å²) in [5.41, 5.74) is 1.11. The van der Waals surface area contributed by atoms with Crippen LogP contribution in [0.4, 0.5) is 0 Å². The van der Waals surface area contributed by atoms with Gasteiger partial charge in [0.1, 0.15) is 11.4 Å². The Balaban J connectivity index is 2.12. The lowest BCUT2D eigenvalue weighted by atomic mass is 9.90. The van der Waals surface area contributed by atoms with E-state index in [1.807, 2.05) is 36.6 Å². The van der Waals surface area contributed by atoms with E-state index in [1.165, 1.54) is 5.56 Å². The number of thiophene rings is 1. The number of hydrogen-bond donors (Lipinski definition) is 1. The number of fused-ring (bicyclic) bond motifs is 1. The highest BCUT2D eigenvalue weighted by Gasteiger charge is 2.31. The molecule has 1 aliphatic heterocycles. The third-order valence-electron chi connectivity index (χ3n) is 3.46. The molecule has 0 aliphatic carbocycles. The fourth-order valence-corrected chi connectivity index (χ4v) is 3.26. The zero-order valence-electron chi connectivity index (χ0n) is 10.3. The highest BCUT2D eigenvalue weighted by molar-refractivity contribution is 7.10. The standard InChI is InChI=1S/C15H16O2S/c1-15(16,13-8-4-10-18-13)12-7-2-5-11-6-3-9-17-14(11)12/h2,4-5,7-8,10,16H,3,6,9H2,1H3. The molecule has 2 aromatic rings. The highest BCUT2D eigenvalue weighted by Crippen LogP contribution is 2.40. The highest BCUT2D eigenvalue weighted by atomic mass is 32.1. The minimum Gasteiger partial charge on any atom is -0.493 e. The Morgan fingerprint density at radius 2 is 2.17 bits per heavy atom. The summed E-state index contributed by atoms with van der Waals surface area (Å²) in [6, 6.07) is 9.98. The predicted octanol–water partition coefficient (Wildman–Crippen LogP) is 3.33. The molecular weight excluding hydrogens is 244 g/mol. The van der Waals surface area contributed by atoms with Gasteiger partial charge >= 0.3 is 0 Å². The van der Waals surface area contributed by atoms with E-state index in [1.54, 1.807) is 11.3 Å². The van der Waals surface area contributed by atoms with Crippen molar-refractivity contribution in [2.45, 2.75) is 25.4 Å². The normalized spacial score (nSPS) is 17.7. The van der Waals surface area contributed by atoms with Crippen molar-refractivity contribution in [3.05, 3.63) is 51.7 Å². The van der Waals surface area contributed by atoms with Gasteiger partial charge in [0.2, 0.25) is 0 Å². The zero-order chi connectivity index (χ0) is 12.6. The van der Waals surface area contributed by atoms with Crippen molar-refractivity contribution in [1.29, 1.82) is 0 Å². The molecule has 1 atom stereocenters. The minimum absolute atomic E-state index is 0.741. The molecule has 0 spiro atoms. The van der Waals surface area contributed by atoms with Crippen molar-refractivity contribution in [2.24, 2.45) is 0 Å². The van der Waals surface area contributed by atoms with Crippen LogP contribution >= 0.6 is 11.3 Å². The van der Waals surface area contributed by atoms with Gasteiger partial charge in [0, 0.05) is 10.4 Å². The maximum absolute atomic E-state index is 10.8. The number of aryl methyl sites for hydroxylation is 1. The summed E-state index contributed by atoms with van der Waals surface area (Å²) in [4.78, 5) is 0.949. The maximum Gasteiger partial charge on any atom is 0.128 e. The predicted molar refractivity (Wildman–Crippen MR) is 73.2 cm³/mol. The van der Waals surface area contributed by atoms with Crippen LogP contribution in [-0.4, -0.2) is 11.7 Å². The Hall–Kier alpha value is -1.32. The summed E-state index contributed by atoms with van der Waals surface area (Å²) >= 11 is 1.57. The minimum atomic E-state index is -0.975. The van der Waals surface area contributed by atoms with Gasteiger partial charge in [-0.05, 0) is 36.8 Å². The van der Waals surface area contributed by atoms with Gasteiger partial charge in [0.05, 0.1) is 6.61 Å². The molecule has 1 N–H and O–H groups in total. The van der Waals surface area contributed by atoms with Crippen LogP contribution in [-0.2, 0) is 12.0 Å². The Bertz CT molecular complexity index is 544. The van der Waals surface area contributed by atoms with Crippen LogP contribution in [0, 0.1) is 0 Å². The molecule has 0 bridgehead atoms. The summed E-state index contributed by atoms with van der Waals surface area (Å²) in [5, 5.41) is 12.8.